The van der Waals surface area contributed by atoms with Gasteiger partial charge in [-0.1, -0.05) is 194 Å². The van der Waals surface area contributed by atoms with Gasteiger partial charge in [-0.3, -0.25) is 4.79 Å². The van der Waals surface area contributed by atoms with Crippen LogP contribution in [0.3, 0.4) is 0 Å². The third kappa shape index (κ3) is 28.7. The number of rotatable bonds is 35. The van der Waals surface area contributed by atoms with Gasteiger partial charge in [0.2, 0.25) is 0 Å². The maximum atomic E-state index is 12.8. The molecule has 0 aromatic heterocycles. The van der Waals surface area contributed by atoms with Crippen LogP contribution in [0, 0.1) is 5.92 Å². The molecule has 0 aromatic rings. The average Bonchev–Trinajstić information content (AvgIpc) is 2.97. The van der Waals surface area contributed by atoms with Crippen LogP contribution in [0.15, 0.2) is 0 Å². The highest BCUT2D eigenvalue weighted by Crippen LogP contribution is 2.21. The maximum Gasteiger partial charge on any atom is 0.145 e. The Morgan fingerprint density at radius 2 is 0.744 bits per heavy atom. The summed E-state index contributed by atoms with van der Waals surface area (Å²) in [6.45, 7) is 4.53. The highest BCUT2D eigenvalue weighted by molar-refractivity contribution is 5.82. The van der Waals surface area contributed by atoms with E-state index >= 15 is 0 Å². The van der Waals surface area contributed by atoms with E-state index in [1.54, 1.807) is 0 Å². The smallest absolute Gasteiger partial charge is 0.145 e. The zero-order chi connectivity index (χ0) is 31.8. The summed E-state index contributed by atoms with van der Waals surface area (Å²) in [5.74, 6) is -1.32. The highest BCUT2D eigenvalue weighted by atomic mass is 16.3. The minimum atomic E-state index is -1.39. The van der Waals surface area contributed by atoms with Gasteiger partial charge in [0.05, 0.1) is 18.1 Å². The first-order chi connectivity index (χ1) is 20.9. The van der Waals surface area contributed by atoms with Crippen LogP contribution in [0.2, 0.25) is 0 Å². The molecule has 0 aliphatic rings. The van der Waals surface area contributed by atoms with Crippen LogP contribution >= 0.6 is 0 Å². The fourth-order valence-electron chi connectivity index (χ4n) is 6.41. The van der Waals surface area contributed by atoms with Crippen LogP contribution in [-0.2, 0) is 4.79 Å². The summed E-state index contributed by atoms with van der Waals surface area (Å²) in [6.07, 6.45) is 33.8. The quantitative estimate of drug-likeness (QED) is 0.0422. The summed E-state index contributed by atoms with van der Waals surface area (Å²) in [5, 5.41) is 31.0. The normalized spacial score (nSPS) is 14.6. The number of nitrogens with two attached hydrogens (primary N) is 1. The number of ketones is 1. The predicted octanol–water partition coefficient (Wildman–Crippen LogP) is 10.3. The number of unbranched alkanes of at least 4 members (excludes halogenated alkanes) is 26. The summed E-state index contributed by atoms with van der Waals surface area (Å²) in [5.41, 5.74) is 5.69. The molecule has 0 aliphatic heterocycles. The molecular formula is C38H77NO4. The molecule has 0 aliphatic carbocycles. The molecule has 0 amide bonds. The third-order valence-electron chi connectivity index (χ3n) is 9.34. The molecule has 0 saturated heterocycles. The molecular weight excluding hydrogens is 534 g/mol. The SMILES string of the molecule is CCCCCCCCCCCCCCCCCC(O)CC(=O)[C@H](C(N)O)[C@H](O)CCCCCCCCCCCCCCC. The molecule has 0 fully saturated rings. The molecule has 5 nitrogen and oxygen atoms in total. The second kappa shape index (κ2) is 32.9. The minimum Gasteiger partial charge on any atom is -0.393 e. The number of carbonyl (C=O) groups is 1. The summed E-state index contributed by atoms with van der Waals surface area (Å²) >= 11 is 0. The summed E-state index contributed by atoms with van der Waals surface area (Å²) in [7, 11) is 0. The van der Waals surface area contributed by atoms with Crippen molar-refractivity contribution in [1.29, 1.82) is 0 Å². The number of aliphatic hydroxyl groups excluding tert-OH is 3. The Morgan fingerprint density at radius 3 is 1.05 bits per heavy atom. The lowest BCUT2D eigenvalue weighted by molar-refractivity contribution is -0.133. The Morgan fingerprint density at radius 1 is 0.465 bits per heavy atom. The summed E-state index contributed by atoms with van der Waals surface area (Å²) in [6, 6.07) is 0. The highest BCUT2D eigenvalue weighted by Gasteiger charge is 2.32. The van der Waals surface area contributed by atoms with Crippen molar-refractivity contribution >= 4 is 5.78 Å². The van der Waals surface area contributed by atoms with Gasteiger partial charge in [0.25, 0.3) is 0 Å². The van der Waals surface area contributed by atoms with Gasteiger partial charge in [-0.25, -0.2) is 0 Å². The van der Waals surface area contributed by atoms with Crippen LogP contribution in [-0.4, -0.2) is 39.5 Å². The Kier molecular flexibility index (Phi) is 32.5. The molecule has 5 heteroatoms. The first-order valence-corrected chi connectivity index (χ1v) is 19.3. The van der Waals surface area contributed by atoms with Crippen molar-refractivity contribution in [1.82, 2.24) is 0 Å². The van der Waals surface area contributed by atoms with E-state index in [1.165, 1.54) is 148 Å². The van der Waals surface area contributed by atoms with Gasteiger partial charge in [-0.15, -0.1) is 0 Å². The lowest BCUT2D eigenvalue weighted by Gasteiger charge is -2.25. The van der Waals surface area contributed by atoms with Gasteiger partial charge in [0.15, 0.2) is 0 Å². The molecule has 0 rings (SSSR count). The van der Waals surface area contributed by atoms with Gasteiger partial charge in [0.1, 0.15) is 12.0 Å². The molecule has 43 heavy (non-hydrogen) atoms. The van der Waals surface area contributed by atoms with Gasteiger partial charge < -0.3 is 21.1 Å². The molecule has 0 radical (unpaired) electrons. The van der Waals surface area contributed by atoms with Crippen molar-refractivity contribution in [2.45, 2.75) is 231 Å². The van der Waals surface area contributed by atoms with Crippen LogP contribution in [0.25, 0.3) is 0 Å². The topological polar surface area (TPSA) is 104 Å². The molecule has 258 valence electrons. The Bertz CT molecular complexity index is 570. The molecule has 0 saturated carbocycles. The van der Waals surface area contributed by atoms with Crippen LogP contribution in [0.5, 0.6) is 0 Å². The lowest BCUT2D eigenvalue weighted by Crippen LogP contribution is -2.44. The Hall–Kier alpha value is -0.490. The van der Waals surface area contributed by atoms with Crippen LogP contribution in [0.1, 0.15) is 213 Å². The standard InChI is InChI=1S/C38H77NO4/c1-3-5-7-9-11-13-15-17-18-20-21-23-25-27-29-31-34(40)33-36(42)37(38(39)43)35(41)32-30-28-26-24-22-19-16-14-12-10-8-6-4-2/h34-35,37-38,40-41,43H,3-33,39H2,1-2H3/t34?,35-,37-,38?/m1/s1. The lowest BCUT2D eigenvalue weighted by atomic mass is 9.88. The second-order valence-electron chi connectivity index (χ2n) is 13.7. The molecule has 2 unspecified atom stereocenters. The van der Waals surface area contributed by atoms with E-state index in [9.17, 15) is 20.1 Å². The number of hydrogen-bond donors (Lipinski definition) is 4. The molecule has 0 aromatic carbocycles. The first-order valence-electron chi connectivity index (χ1n) is 19.3. The molecule has 0 spiro atoms. The van der Waals surface area contributed by atoms with E-state index in [4.69, 9.17) is 5.73 Å². The van der Waals surface area contributed by atoms with Crippen molar-refractivity contribution in [3.8, 4) is 0 Å². The number of Topliss-reactive ketones (excluding diaryl/α,β-unsaturated/α-hetero) is 1. The van der Waals surface area contributed by atoms with E-state index in [-0.39, 0.29) is 12.2 Å². The van der Waals surface area contributed by atoms with Crippen molar-refractivity contribution < 1.29 is 20.1 Å². The van der Waals surface area contributed by atoms with Gasteiger partial charge in [-0.2, -0.15) is 0 Å². The fourth-order valence-corrected chi connectivity index (χ4v) is 6.41. The van der Waals surface area contributed by atoms with Crippen molar-refractivity contribution in [3.05, 3.63) is 0 Å². The Labute approximate surface area is 268 Å². The van der Waals surface area contributed by atoms with Crippen molar-refractivity contribution in [3.63, 3.8) is 0 Å². The largest absolute Gasteiger partial charge is 0.393 e. The summed E-state index contributed by atoms with van der Waals surface area (Å²) in [4.78, 5) is 12.8. The van der Waals surface area contributed by atoms with Crippen LogP contribution in [0.4, 0.5) is 0 Å². The monoisotopic (exact) mass is 612 g/mol. The minimum absolute atomic E-state index is 0.0345. The second-order valence-corrected chi connectivity index (χ2v) is 13.7. The number of carbonyl (C=O) groups excluding carboxylic acids is 1. The van der Waals surface area contributed by atoms with E-state index in [0.717, 1.165) is 32.1 Å². The van der Waals surface area contributed by atoms with Gasteiger partial charge >= 0.3 is 0 Å². The maximum absolute atomic E-state index is 12.8. The van der Waals surface area contributed by atoms with E-state index < -0.39 is 24.4 Å². The average molecular weight is 612 g/mol. The van der Waals surface area contributed by atoms with Crippen molar-refractivity contribution in [2.75, 3.05) is 0 Å². The van der Waals surface area contributed by atoms with E-state index in [2.05, 4.69) is 13.8 Å². The third-order valence-corrected chi connectivity index (χ3v) is 9.34. The molecule has 0 bridgehead atoms. The summed E-state index contributed by atoms with van der Waals surface area (Å²) < 4.78 is 0. The Balaban J connectivity index is 3.77. The molecule has 5 N–H and O–H groups in total. The van der Waals surface area contributed by atoms with Crippen LogP contribution < -0.4 is 5.73 Å². The van der Waals surface area contributed by atoms with Crippen molar-refractivity contribution in [2.24, 2.45) is 11.7 Å². The first kappa shape index (κ1) is 42.5. The molecule has 4 atom stereocenters. The van der Waals surface area contributed by atoms with Gasteiger partial charge in [-0.05, 0) is 12.8 Å². The van der Waals surface area contributed by atoms with E-state index in [0.29, 0.717) is 12.8 Å². The number of hydrogen-bond acceptors (Lipinski definition) is 5. The zero-order valence-corrected chi connectivity index (χ0v) is 29.1. The van der Waals surface area contributed by atoms with E-state index in [1.807, 2.05) is 0 Å². The number of aliphatic hydroxyl groups is 3. The van der Waals surface area contributed by atoms with Gasteiger partial charge in [0, 0.05) is 6.42 Å². The fraction of sp³-hybridized carbons (Fsp3) is 0.974. The predicted molar refractivity (Wildman–Crippen MR) is 185 cm³/mol. The molecule has 0 heterocycles. The zero-order valence-electron chi connectivity index (χ0n) is 29.1.